The molecule has 0 radical (unpaired) electrons. The predicted molar refractivity (Wildman–Crippen MR) is 86.3 cm³/mol. The minimum atomic E-state index is -0.0315. The van der Waals surface area contributed by atoms with Gasteiger partial charge in [0.1, 0.15) is 5.78 Å². The van der Waals surface area contributed by atoms with Crippen LogP contribution in [-0.4, -0.2) is 11.6 Å². The Hall–Kier alpha value is -0.920. The van der Waals surface area contributed by atoms with Gasteiger partial charge in [0.25, 0.3) is 0 Å². The van der Waals surface area contributed by atoms with Crippen LogP contribution in [0.5, 0.6) is 0 Å². The summed E-state index contributed by atoms with van der Waals surface area (Å²) in [6.07, 6.45) is 11.5. The van der Waals surface area contributed by atoms with E-state index in [0.29, 0.717) is 29.3 Å². The maximum absolute atomic E-state index is 12.4. The lowest BCUT2D eigenvalue weighted by Gasteiger charge is -2.52. The van der Waals surface area contributed by atoms with Crippen LogP contribution < -0.4 is 0 Å². The number of carbonyl (C=O) groups is 2. The number of fused-ring (bicyclic) bond motifs is 5. The predicted octanol–water partition coefficient (Wildman–Crippen LogP) is 4.48. The largest absolute Gasteiger partial charge is 0.299 e. The summed E-state index contributed by atoms with van der Waals surface area (Å²) < 4.78 is 0. The van der Waals surface area contributed by atoms with Crippen molar-refractivity contribution in [3.63, 3.8) is 0 Å². The van der Waals surface area contributed by atoms with Crippen LogP contribution in [0, 0.1) is 28.6 Å². The van der Waals surface area contributed by atoms with Crippen LogP contribution in [0.4, 0.5) is 0 Å². The zero-order valence-electron chi connectivity index (χ0n) is 14.0. The summed E-state index contributed by atoms with van der Waals surface area (Å²) in [6.45, 7) is 4.67. The molecule has 0 aromatic carbocycles. The molecule has 2 heteroatoms. The van der Waals surface area contributed by atoms with Crippen LogP contribution in [0.25, 0.3) is 0 Å². The highest BCUT2D eigenvalue weighted by molar-refractivity contribution is 5.91. The van der Waals surface area contributed by atoms with Crippen LogP contribution >= 0.6 is 0 Å². The molecule has 0 amide bonds. The first-order valence-electron chi connectivity index (χ1n) is 9.22. The number of ketones is 2. The lowest BCUT2D eigenvalue weighted by molar-refractivity contribution is -0.131. The summed E-state index contributed by atoms with van der Waals surface area (Å²) in [5.74, 6) is 2.86. The van der Waals surface area contributed by atoms with Gasteiger partial charge < -0.3 is 0 Å². The lowest BCUT2D eigenvalue weighted by atomic mass is 9.52. The number of hydrogen-bond donors (Lipinski definition) is 0. The van der Waals surface area contributed by atoms with Crippen molar-refractivity contribution in [3.05, 3.63) is 11.6 Å². The van der Waals surface area contributed by atoms with Gasteiger partial charge in [-0.25, -0.2) is 0 Å². The average molecular weight is 300 g/mol. The van der Waals surface area contributed by atoms with E-state index in [0.717, 1.165) is 38.5 Å². The Morgan fingerprint density at radius 1 is 0.909 bits per heavy atom. The van der Waals surface area contributed by atoms with Crippen molar-refractivity contribution in [2.45, 2.75) is 71.6 Å². The number of carbonyl (C=O) groups excluding carboxylic acids is 2. The molecule has 4 rings (SSSR count). The maximum Gasteiger partial charge on any atom is 0.155 e. The lowest BCUT2D eigenvalue weighted by Crippen LogP contribution is -2.47. The topological polar surface area (TPSA) is 34.1 Å². The normalized spacial score (nSPS) is 48.1. The number of allylic oxidation sites excluding steroid dienone is 2. The van der Waals surface area contributed by atoms with Gasteiger partial charge in [-0.1, -0.05) is 19.4 Å². The van der Waals surface area contributed by atoms with Gasteiger partial charge in [-0.15, -0.1) is 0 Å². The van der Waals surface area contributed by atoms with Crippen LogP contribution in [-0.2, 0) is 9.59 Å². The van der Waals surface area contributed by atoms with Gasteiger partial charge in [0, 0.05) is 18.3 Å². The molecule has 4 aliphatic rings. The molecule has 3 fully saturated rings. The summed E-state index contributed by atoms with van der Waals surface area (Å²) >= 11 is 0. The van der Waals surface area contributed by atoms with Crippen LogP contribution in [0.15, 0.2) is 11.6 Å². The Kier molecular flexibility index (Phi) is 3.19. The number of Topliss-reactive ketones (excluding diaryl/α,β-unsaturated/α-hetero) is 1. The molecule has 0 aromatic heterocycles. The van der Waals surface area contributed by atoms with E-state index in [-0.39, 0.29) is 10.8 Å². The Bertz CT molecular complexity index is 560. The van der Waals surface area contributed by atoms with Crippen molar-refractivity contribution in [2.24, 2.45) is 28.6 Å². The van der Waals surface area contributed by atoms with Gasteiger partial charge in [0.15, 0.2) is 5.78 Å². The first kappa shape index (κ1) is 14.7. The van der Waals surface area contributed by atoms with Gasteiger partial charge >= 0.3 is 0 Å². The first-order valence-corrected chi connectivity index (χ1v) is 9.22. The van der Waals surface area contributed by atoms with Crippen molar-refractivity contribution in [2.75, 3.05) is 0 Å². The minimum absolute atomic E-state index is 0.0315. The first-order chi connectivity index (χ1) is 10.4. The molecule has 3 unspecified atom stereocenters. The van der Waals surface area contributed by atoms with E-state index < -0.39 is 0 Å². The summed E-state index contributed by atoms with van der Waals surface area (Å²) in [5.41, 5.74) is 1.63. The Morgan fingerprint density at radius 2 is 1.68 bits per heavy atom. The molecular formula is C20H28O2. The van der Waals surface area contributed by atoms with E-state index in [2.05, 4.69) is 13.8 Å². The van der Waals surface area contributed by atoms with E-state index in [1.165, 1.54) is 24.8 Å². The van der Waals surface area contributed by atoms with Crippen LogP contribution in [0.1, 0.15) is 71.6 Å². The summed E-state index contributed by atoms with van der Waals surface area (Å²) in [4.78, 5) is 24.3. The second-order valence-corrected chi connectivity index (χ2v) is 8.74. The second kappa shape index (κ2) is 4.79. The van der Waals surface area contributed by atoms with Crippen molar-refractivity contribution in [1.82, 2.24) is 0 Å². The molecule has 2 nitrogen and oxygen atoms in total. The molecule has 3 saturated carbocycles. The summed E-state index contributed by atoms with van der Waals surface area (Å²) in [7, 11) is 0. The Morgan fingerprint density at radius 3 is 2.50 bits per heavy atom. The fraction of sp³-hybridized carbons (Fsp3) is 0.800. The quantitative estimate of drug-likeness (QED) is 0.661. The molecule has 4 aliphatic carbocycles. The molecule has 0 bridgehead atoms. The number of rotatable bonds is 0. The highest BCUT2D eigenvalue weighted by Gasteiger charge is 2.57. The standard InChI is InChI=1S/C20H28O2/c1-19-10-8-14(21)12-13(19)4-3-5-15-16-6-7-18(22)20(16,2)11-9-17(15)19/h12,15-17H,3-11H2,1-2H3/t15?,16?,17?,19-,20-/m0/s1. The molecule has 0 spiro atoms. The smallest absolute Gasteiger partial charge is 0.155 e. The zero-order chi connectivity index (χ0) is 15.5. The molecule has 0 saturated heterocycles. The van der Waals surface area contributed by atoms with Gasteiger partial charge in [-0.05, 0) is 74.2 Å². The minimum Gasteiger partial charge on any atom is -0.299 e. The fourth-order valence-corrected chi connectivity index (χ4v) is 6.54. The van der Waals surface area contributed by atoms with Crippen molar-refractivity contribution in [3.8, 4) is 0 Å². The van der Waals surface area contributed by atoms with E-state index in [9.17, 15) is 9.59 Å². The van der Waals surface area contributed by atoms with E-state index in [1.807, 2.05) is 6.08 Å². The van der Waals surface area contributed by atoms with Crippen molar-refractivity contribution >= 4 is 11.6 Å². The summed E-state index contributed by atoms with van der Waals surface area (Å²) in [6, 6.07) is 0. The molecule has 22 heavy (non-hydrogen) atoms. The van der Waals surface area contributed by atoms with E-state index in [4.69, 9.17) is 0 Å². The summed E-state index contributed by atoms with van der Waals surface area (Å²) in [5, 5.41) is 0. The monoisotopic (exact) mass is 300 g/mol. The maximum atomic E-state index is 12.4. The Balaban J connectivity index is 1.73. The fourth-order valence-electron chi connectivity index (χ4n) is 6.54. The molecule has 120 valence electrons. The third-order valence-electron chi connectivity index (χ3n) is 7.91. The van der Waals surface area contributed by atoms with Crippen molar-refractivity contribution < 1.29 is 9.59 Å². The highest BCUT2D eigenvalue weighted by Crippen LogP contribution is 2.63. The molecule has 5 atom stereocenters. The van der Waals surface area contributed by atoms with Gasteiger partial charge in [0.05, 0.1) is 0 Å². The molecule has 0 heterocycles. The third-order valence-corrected chi connectivity index (χ3v) is 7.91. The van der Waals surface area contributed by atoms with Gasteiger partial charge in [0.2, 0.25) is 0 Å². The van der Waals surface area contributed by atoms with Crippen LogP contribution in [0.3, 0.4) is 0 Å². The number of hydrogen-bond acceptors (Lipinski definition) is 2. The SMILES string of the molecule is C[C@]12CCC(=O)C=C1CCCC1C2CC[C@]2(C)C(=O)CCC12. The van der Waals surface area contributed by atoms with Crippen LogP contribution in [0.2, 0.25) is 0 Å². The average Bonchev–Trinajstić information content (AvgIpc) is 2.70. The van der Waals surface area contributed by atoms with Gasteiger partial charge in [-0.2, -0.15) is 0 Å². The molecular weight excluding hydrogens is 272 g/mol. The molecule has 0 N–H and O–H groups in total. The third kappa shape index (κ3) is 1.85. The second-order valence-electron chi connectivity index (χ2n) is 8.74. The van der Waals surface area contributed by atoms with Gasteiger partial charge in [-0.3, -0.25) is 9.59 Å². The van der Waals surface area contributed by atoms with E-state index in [1.54, 1.807) is 0 Å². The molecule has 0 aromatic rings. The zero-order valence-corrected chi connectivity index (χ0v) is 14.0. The Labute approximate surface area is 133 Å². The van der Waals surface area contributed by atoms with Crippen molar-refractivity contribution in [1.29, 1.82) is 0 Å². The van der Waals surface area contributed by atoms with E-state index >= 15 is 0 Å². The highest BCUT2D eigenvalue weighted by atomic mass is 16.1. The molecule has 0 aliphatic heterocycles.